The van der Waals surface area contributed by atoms with Gasteiger partial charge in [-0.15, -0.1) is 11.3 Å². The van der Waals surface area contributed by atoms with E-state index >= 15 is 0 Å². The van der Waals surface area contributed by atoms with Crippen LogP contribution >= 0.6 is 11.3 Å². The summed E-state index contributed by atoms with van der Waals surface area (Å²) in [4.78, 5) is 19.4. The molecule has 0 saturated carbocycles. The lowest BCUT2D eigenvalue weighted by Gasteiger charge is -2.22. The van der Waals surface area contributed by atoms with E-state index in [4.69, 9.17) is 4.74 Å². The van der Waals surface area contributed by atoms with Gasteiger partial charge in [0.2, 0.25) is 0 Å². The van der Waals surface area contributed by atoms with Gasteiger partial charge in [-0.25, -0.2) is 4.79 Å². The molecule has 1 amide bonds. The number of hydrogen-bond acceptors (Lipinski definition) is 5. The van der Waals surface area contributed by atoms with Crippen LogP contribution in [0.5, 0.6) is 0 Å². The molecule has 29 heavy (non-hydrogen) atoms. The molecule has 6 heteroatoms. The van der Waals surface area contributed by atoms with Gasteiger partial charge in [0.25, 0.3) is 0 Å². The highest BCUT2D eigenvalue weighted by molar-refractivity contribution is 7.09. The van der Waals surface area contributed by atoms with Gasteiger partial charge < -0.3 is 15.0 Å². The van der Waals surface area contributed by atoms with E-state index in [2.05, 4.69) is 34.6 Å². The topological polar surface area (TPSA) is 54.5 Å². The summed E-state index contributed by atoms with van der Waals surface area (Å²) >= 11 is 1.49. The second-order valence-corrected chi connectivity index (χ2v) is 7.77. The second-order valence-electron chi connectivity index (χ2n) is 6.80. The molecule has 0 aliphatic heterocycles. The van der Waals surface area contributed by atoms with Crippen molar-refractivity contribution < 1.29 is 9.53 Å². The van der Waals surface area contributed by atoms with Crippen LogP contribution in [0.25, 0.3) is 0 Å². The molecular formula is C23H27N3O2S. The van der Waals surface area contributed by atoms with E-state index in [1.54, 1.807) is 16.6 Å². The lowest BCUT2D eigenvalue weighted by atomic mass is 10.2. The van der Waals surface area contributed by atoms with Crippen LogP contribution in [0.4, 0.5) is 4.79 Å². The van der Waals surface area contributed by atoms with E-state index in [-0.39, 0.29) is 12.7 Å². The zero-order valence-electron chi connectivity index (χ0n) is 16.5. The van der Waals surface area contributed by atoms with Gasteiger partial charge in [0.15, 0.2) is 0 Å². The summed E-state index contributed by atoms with van der Waals surface area (Å²) in [7, 11) is 0. The Kier molecular flexibility index (Phi) is 8.69. The van der Waals surface area contributed by atoms with E-state index < -0.39 is 0 Å². The number of aromatic nitrogens is 1. The van der Waals surface area contributed by atoms with Gasteiger partial charge in [-0.3, -0.25) is 4.98 Å². The van der Waals surface area contributed by atoms with Crippen molar-refractivity contribution in [2.75, 3.05) is 13.1 Å². The van der Waals surface area contributed by atoms with Crippen molar-refractivity contribution in [3.8, 4) is 0 Å². The third kappa shape index (κ3) is 7.68. The van der Waals surface area contributed by atoms with E-state index in [0.717, 1.165) is 36.4 Å². The zero-order valence-corrected chi connectivity index (χ0v) is 17.3. The minimum atomic E-state index is -0.278. The largest absolute Gasteiger partial charge is 0.444 e. The Morgan fingerprint density at radius 3 is 2.41 bits per heavy atom. The number of carbonyl (C=O) groups excluding carboxylic acids is 1. The highest BCUT2D eigenvalue weighted by Crippen LogP contribution is 2.11. The Morgan fingerprint density at radius 2 is 1.72 bits per heavy atom. The highest BCUT2D eigenvalue weighted by atomic mass is 32.1. The molecule has 1 heterocycles. The van der Waals surface area contributed by atoms with Crippen LogP contribution in [-0.4, -0.2) is 29.1 Å². The molecule has 0 unspecified atom stereocenters. The van der Waals surface area contributed by atoms with Crippen LogP contribution in [0.2, 0.25) is 0 Å². The summed E-state index contributed by atoms with van der Waals surface area (Å²) in [5.74, 6) is 0. The first-order valence-corrected chi connectivity index (χ1v) is 10.8. The molecule has 0 fully saturated rings. The average molecular weight is 410 g/mol. The molecule has 0 saturated heterocycles. The molecule has 1 aromatic heterocycles. The van der Waals surface area contributed by atoms with Crippen LogP contribution in [0.15, 0.2) is 72.4 Å². The molecule has 5 nitrogen and oxygen atoms in total. The molecule has 0 radical (unpaired) electrons. The standard InChI is InChI=1S/C23H27N3O2S/c27-23(28-18-22-16-25-19-29-22)26(17-21-11-5-2-6-12-21)14-8-7-13-24-15-20-9-3-1-4-10-20/h1-6,9-12,16,19,24H,7-8,13-15,17-18H2. The minimum Gasteiger partial charge on any atom is -0.444 e. The van der Waals surface area contributed by atoms with Gasteiger partial charge in [0.05, 0.1) is 10.4 Å². The summed E-state index contributed by atoms with van der Waals surface area (Å²) in [5, 5.41) is 3.46. The van der Waals surface area contributed by atoms with Gasteiger partial charge in [-0.1, -0.05) is 60.7 Å². The number of unbranched alkanes of at least 4 members (excludes halogenated alkanes) is 1. The lowest BCUT2D eigenvalue weighted by molar-refractivity contribution is 0.0938. The van der Waals surface area contributed by atoms with Crippen molar-refractivity contribution in [2.24, 2.45) is 0 Å². The first-order valence-electron chi connectivity index (χ1n) is 9.89. The lowest BCUT2D eigenvalue weighted by Crippen LogP contribution is -2.32. The number of nitrogens with one attached hydrogen (secondary N) is 1. The van der Waals surface area contributed by atoms with Gasteiger partial charge in [0.1, 0.15) is 6.61 Å². The maximum atomic E-state index is 12.6. The van der Waals surface area contributed by atoms with E-state index in [1.165, 1.54) is 16.9 Å². The molecule has 0 bridgehead atoms. The zero-order chi connectivity index (χ0) is 20.2. The highest BCUT2D eigenvalue weighted by Gasteiger charge is 2.15. The molecule has 0 atom stereocenters. The number of hydrogen-bond donors (Lipinski definition) is 1. The Labute approximate surface area is 176 Å². The molecule has 2 aromatic carbocycles. The number of ether oxygens (including phenoxy) is 1. The van der Waals surface area contributed by atoms with Crippen LogP contribution in [0.3, 0.4) is 0 Å². The fourth-order valence-corrected chi connectivity index (χ4v) is 3.46. The van der Waals surface area contributed by atoms with Gasteiger partial charge in [0, 0.05) is 25.8 Å². The predicted octanol–water partition coefficient (Wildman–Crippen LogP) is 4.85. The number of rotatable bonds is 11. The number of thiazole rings is 1. The third-order valence-corrected chi connectivity index (χ3v) is 5.25. The molecule has 0 aliphatic rings. The van der Waals surface area contributed by atoms with Crippen LogP contribution in [0, 0.1) is 0 Å². The third-order valence-electron chi connectivity index (χ3n) is 4.50. The molecule has 0 spiro atoms. The van der Waals surface area contributed by atoms with Crippen molar-refractivity contribution in [3.63, 3.8) is 0 Å². The monoisotopic (exact) mass is 409 g/mol. The SMILES string of the molecule is O=C(OCc1cncs1)N(CCCCNCc1ccccc1)Cc1ccccc1. The van der Waals surface area contributed by atoms with Crippen LogP contribution < -0.4 is 5.32 Å². The Bertz CT molecular complexity index is 826. The average Bonchev–Trinajstić information content (AvgIpc) is 3.29. The maximum Gasteiger partial charge on any atom is 0.410 e. The van der Waals surface area contributed by atoms with E-state index in [9.17, 15) is 4.79 Å². The van der Waals surface area contributed by atoms with Crippen LogP contribution in [0.1, 0.15) is 28.8 Å². The molecule has 152 valence electrons. The molecule has 3 aromatic rings. The fourth-order valence-electron chi connectivity index (χ4n) is 2.96. The van der Waals surface area contributed by atoms with Crippen molar-refractivity contribution in [1.82, 2.24) is 15.2 Å². The summed E-state index contributed by atoms with van der Waals surface area (Å²) in [5.41, 5.74) is 4.13. The number of nitrogens with zero attached hydrogens (tertiary/aromatic N) is 2. The molecular weight excluding hydrogens is 382 g/mol. The van der Waals surface area contributed by atoms with Gasteiger partial charge in [-0.2, -0.15) is 0 Å². The first-order chi connectivity index (χ1) is 14.3. The normalized spacial score (nSPS) is 10.6. The maximum absolute atomic E-state index is 12.6. The number of carbonyl (C=O) groups is 1. The quantitative estimate of drug-likeness (QED) is 0.460. The minimum absolute atomic E-state index is 0.271. The molecule has 0 aliphatic carbocycles. The summed E-state index contributed by atoms with van der Waals surface area (Å²) in [6.07, 6.45) is 3.38. The van der Waals surface area contributed by atoms with Crippen molar-refractivity contribution in [1.29, 1.82) is 0 Å². The molecule has 3 rings (SSSR count). The Morgan fingerprint density at radius 1 is 1.00 bits per heavy atom. The predicted molar refractivity (Wildman–Crippen MR) is 117 cm³/mol. The van der Waals surface area contributed by atoms with Crippen molar-refractivity contribution in [2.45, 2.75) is 32.5 Å². The first kappa shape index (κ1) is 21.0. The van der Waals surface area contributed by atoms with Crippen molar-refractivity contribution in [3.05, 3.63) is 88.4 Å². The van der Waals surface area contributed by atoms with Gasteiger partial charge in [-0.05, 0) is 30.5 Å². The second kappa shape index (κ2) is 12.0. The van der Waals surface area contributed by atoms with E-state index in [1.807, 2.05) is 36.4 Å². The van der Waals surface area contributed by atoms with Gasteiger partial charge >= 0.3 is 6.09 Å². The number of benzene rings is 2. The van der Waals surface area contributed by atoms with E-state index in [0.29, 0.717) is 13.1 Å². The summed E-state index contributed by atoms with van der Waals surface area (Å²) < 4.78 is 5.50. The van der Waals surface area contributed by atoms with Crippen LogP contribution in [-0.2, 0) is 24.4 Å². The fraction of sp³-hybridized carbons (Fsp3) is 0.304. The Balaban J connectivity index is 1.43. The Hall–Kier alpha value is -2.70. The van der Waals surface area contributed by atoms with Crippen molar-refractivity contribution >= 4 is 17.4 Å². The number of amides is 1. The summed E-state index contributed by atoms with van der Waals surface area (Å²) in [6.45, 7) is 3.28. The summed E-state index contributed by atoms with van der Waals surface area (Å²) in [6, 6.07) is 20.4. The molecule has 1 N–H and O–H groups in total. The smallest absolute Gasteiger partial charge is 0.410 e.